The molecular weight excluding hydrogens is 385 g/mol. The molecule has 1 aromatic carbocycles. The van der Waals surface area contributed by atoms with Crippen molar-refractivity contribution in [3.63, 3.8) is 0 Å². The molecular formula is C16H13F3N4O3S. The largest absolute Gasteiger partial charge is 0.471 e. The summed E-state index contributed by atoms with van der Waals surface area (Å²) in [5.41, 5.74) is 6.71. The number of hydrogen-bond donors (Lipinski definition) is 1. The first-order valence-electron chi connectivity index (χ1n) is 7.52. The van der Waals surface area contributed by atoms with Crippen molar-refractivity contribution in [1.82, 2.24) is 14.1 Å². The fourth-order valence-electron chi connectivity index (χ4n) is 2.15. The van der Waals surface area contributed by atoms with E-state index < -0.39 is 22.1 Å². The first-order chi connectivity index (χ1) is 12.7. The molecule has 0 aliphatic carbocycles. The van der Waals surface area contributed by atoms with Crippen molar-refractivity contribution in [1.29, 1.82) is 0 Å². The SMILES string of the molecule is NCc1ccc(S(=O)(=O)n2ccc(C=Cc3noc(C(F)(F)F)n3)c2)cc1. The summed E-state index contributed by atoms with van der Waals surface area (Å²) < 4.78 is 67.5. The van der Waals surface area contributed by atoms with Crippen LogP contribution in [0.3, 0.4) is 0 Å². The molecule has 0 fully saturated rings. The number of halogens is 3. The van der Waals surface area contributed by atoms with Gasteiger partial charge in [-0.3, -0.25) is 0 Å². The maximum atomic E-state index is 12.6. The van der Waals surface area contributed by atoms with E-state index in [0.29, 0.717) is 12.1 Å². The van der Waals surface area contributed by atoms with Gasteiger partial charge in [0.1, 0.15) is 0 Å². The van der Waals surface area contributed by atoms with Gasteiger partial charge in [0.25, 0.3) is 10.0 Å². The maximum absolute atomic E-state index is 12.6. The minimum Gasteiger partial charge on any atom is -0.329 e. The number of rotatable bonds is 5. The average Bonchev–Trinajstić information content (AvgIpc) is 3.29. The van der Waals surface area contributed by atoms with Crippen molar-refractivity contribution in [2.75, 3.05) is 0 Å². The molecule has 11 heteroatoms. The molecule has 0 aliphatic heterocycles. The lowest BCUT2D eigenvalue weighted by Crippen LogP contribution is -2.11. The Morgan fingerprint density at radius 3 is 2.44 bits per heavy atom. The summed E-state index contributed by atoms with van der Waals surface area (Å²) in [6.45, 7) is 0.297. The van der Waals surface area contributed by atoms with Gasteiger partial charge >= 0.3 is 12.1 Å². The Kier molecular flexibility index (Phi) is 4.89. The lowest BCUT2D eigenvalue weighted by Gasteiger charge is -2.06. The monoisotopic (exact) mass is 398 g/mol. The Bertz CT molecular complexity index is 1070. The van der Waals surface area contributed by atoms with E-state index in [4.69, 9.17) is 5.73 Å². The normalized spacial score (nSPS) is 12.7. The molecule has 3 aromatic rings. The van der Waals surface area contributed by atoms with Gasteiger partial charge in [0.05, 0.1) is 4.90 Å². The molecule has 0 spiro atoms. The van der Waals surface area contributed by atoms with Crippen LogP contribution in [-0.2, 0) is 22.7 Å². The van der Waals surface area contributed by atoms with Crippen molar-refractivity contribution < 1.29 is 26.1 Å². The van der Waals surface area contributed by atoms with Crippen LogP contribution in [0.1, 0.15) is 22.8 Å². The number of nitrogens with zero attached hydrogens (tertiary/aromatic N) is 3. The predicted molar refractivity (Wildman–Crippen MR) is 89.6 cm³/mol. The molecule has 0 saturated heterocycles. The highest BCUT2D eigenvalue weighted by atomic mass is 32.2. The average molecular weight is 398 g/mol. The van der Waals surface area contributed by atoms with Crippen molar-refractivity contribution in [3.8, 4) is 0 Å². The fraction of sp³-hybridized carbons (Fsp3) is 0.125. The summed E-state index contributed by atoms with van der Waals surface area (Å²) in [7, 11) is -3.80. The van der Waals surface area contributed by atoms with Gasteiger partial charge in [0.2, 0.25) is 0 Å². The lowest BCUT2D eigenvalue weighted by molar-refractivity contribution is -0.159. The van der Waals surface area contributed by atoms with Gasteiger partial charge < -0.3 is 10.3 Å². The Labute approximate surface area is 152 Å². The van der Waals surface area contributed by atoms with Crippen LogP contribution in [0.4, 0.5) is 13.2 Å². The Hall–Kier alpha value is -2.92. The van der Waals surface area contributed by atoms with Gasteiger partial charge in [-0.1, -0.05) is 17.3 Å². The standard InChI is InChI=1S/C16H13F3N4O3S/c17-16(18,19)15-21-14(22-26-15)6-3-12-7-8-23(10-12)27(24,25)13-4-1-11(9-20)2-5-13/h1-8,10H,9,20H2. The van der Waals surface area contributed by atoms with Crippen molar-refractivity contribution in [3.05, 3.63) is 65.6 Å². The molecule has 0 amide bonds. The Balaban J connectivity index is 1.80. The summed E-state index contributed by atoms with van der Waals surface area (Å²) in [6, 6.07) is 7.61. The minimum absolute atomic E-state index is 0.0822. The zero-order valence-electron chi connectivity index (χ0n) is 13.6. The van der Waals surface area contributed by atoms with Crippen LogP contribution in [-0.4, -0.2) is 22.5 Å². The Morgan fingerprint density at radius 2 is 1.85 bits per heavy atom. The molecule has 7 nitrogen and oxygen atoms in total. The van der Waals surface area contributed by atoms with Crippen LogP contribution < -0.4 is 5.73 Å². The maximum Gasteiger partial charge on any atom is 0.471 e. The molecule has 2 aromatic heterocycles. The minimum atomic E-state index is -4.73. The smallest absolute Gasteiger partial charge is 0.329 e. The van der Waals surface area contributed by atoms with Crippen LogP contribution in [0.2, 0.25) is 0 Å². The van der Waals surface area contributed by atoms with E-state index in [0.717, 1.165) is 9.54 Å². The fourth-order valence-corrected chi connectivity index (χ4v) is 3.35. The second-order valence-corrected chi connectivity index (χ2v) is 7.26. The number of hydrogen-bond acceptors (Lipinski definition) is 6. The van der Waals surface area contributed by atoms with Gasteiger partial charge in [0.15, 0.2) is 5.82 Å². The summed E-state index contributed by atoms with van der Waals surface area (Å²) in [4.78, 5) is 3.27. The highest BCUT2D eigenvalue weighted by Gasteiger charge is 2.38. The van der Waals surface area contributed by atoms with Crippen molar-refractivity contribution in [2.24, 2.45) is 5.73 Å². The molecule has 0 aliphatic rings. The van der Waals surface area contributed by atoms with E-state index in [2.05, 4.69) is 14.7 Å². The molecule has 0 bridgehead atoms. The number of aromatic nitrogens is 3. The van der Waals surface area contributed by atoms with Crippen molar-refractivity contribution >= 4 is 22.2 Å². The van der Waals surface area contributed by atoms with E-state index in [1.165, 1.54) is 42.7 Å². The zero-order valence-corrected chi connectivity index (χ0v) is 14.4. The van der Waals surface area contributed by atoms with Gasteiger partial charge in [-0.05, 0) is 41.5 Å². The summed E-state index contributed by atoms with van der Waals surface area (Å²) in [6.07, 6.45) is 0.461. The molecule has 2 N–H and O–H groups in total. The van der Waals surface area contributed by atoms with Gasteiger partial charge in [-0.25, -0.2) is 12.4 Å². The van der Waals surface area contributed by atoms with Gasteiger partial charge in [-0.2, -0.15) is 18.2 Å². The molecule has 0 saturated carbocycles. The van der Waals surface area contributed by atoms with Crippen LogP contribution in [0.25, 0.3) is 12.2 Å². The van der Waals surface area contributed by atoms with E-state index in [9.17, 15) is 21.6 Å². The highest BCUT2D eigenvalue weighted by Crippen LogP contribution is 2.27. The molecule has 0 atom stereocenters. The first-order valence-corrected chi connectivity index (χ1v) is 8.96. The molecule has 0 radical (unpaired) electrons. The van der Waals surface area contributed by atoms with Crippen molar-refractivity contribution in [2.45, 2.75) is 17.6 Å². The topological polar surface area (TPSA) is 104 Å². The number of benzene rings is 1. The Morgan fingerprint density at radius 1 is 1.15 bits per heavy atom. The third-order valence-corrected chi connectivity index (χ3v) is 5.18. The summed E-state index contributed by atoms with van der Waals surface area (Å²) in [5, 5.41) is 3.19. The van der Waals surface area contributed by atoms with Crippen LogP contribution in [0.15, 0.2) is 52.1 Å². The van der Waals surface area contributed by atoms with Gasteiger partial charge in [-0.15, -0.1) is 0 Å². The van der Waals surface area contributed by atoms with E-state index >= 15 is 0 Å². The van der Waals surface area contributed by atoms with Gasteiger partial charge in [0, 0.05) is 18.9 Å². The second-order valence-electron chi connectivity index (χ2n) is 5.42. The van der Waals surface area contributed by atoms with E-state index in [1.54, 1.807) is 12.1 Å². The third kappa shape index (κ3) is 4.09. The van der Waals surface area contributed by atoms with Crippen LogP contribution >= 0.6 is 0 Å². The van der Waals surface area contributed by atoms with E-state index in [-0.39, 0.29) is 10.7 Å². The van der Waals surface area contributed by atoms with Crippen LogP contribution in [0.5, 0.6) is 0 Å². The highest BCUT2D eigenvalue weighted by molar-refractivity contribution is 7.90. The second kappa shape index (κ2) is 7.00. The summed E-state index contributed by atoms with van der Waals surface area (Å²) in [5.74, 6) is -1.74. The molecule has 27 heavy (non-hydrogen) atoms. The first kappa shape index (κ1) is 18.9. The number of alkyl halides is 3. The molecule has 2 heterocycles. The summed E-state index contributed by atoms with van der Waals surface area (Å²) >= 11 is 0. The third-order valence-electron chi connectivity index (χ3n) is 3.53. The molecule has 3 rings (SSSR count). The zero-order chi connectivity index (χ0) is 19.7. The number of nitrogens with two attached hydrogens (primary N) is 1. The quantitative estimate of drug-likeness (QED) is 0.709. The lowest BCUT2D eigenvalue weighted by atomic mass is 10.2. The molecule has 0 unspecified atom stereocenters. The van der Waals surface area contributed by atoms with E-state index in [1.807, 2.05) is 0 Å². The van der Waals surface area contributed by atoms with Crippen LogP contribution in [0, 0.1) is 0 Å². The molecule has 142 valence electrons. The predicted octanol–water partition coefficient (Wildman–Crippen LogP) is 2.76.